The van der Waals surface area contributed by atoms with Crippen LogP contribution in [-0.2, 0) is 0 Å². The molecule has 2 atom stereocenters. The van der Waals surface area contributed by atoms with Gasteiger partial charge in [0.1, 0.15) is 0 Å². The van der Waals surface area contributed by atoms with Gasteiger partial charge >= 0.3 is 0 Å². The van der Waals surface area contributed by atoms with Gasteiger partial charge in [0.25, 0.3) is 5.91 Å². The molecular formula is C12H15Br2NO2. The van der Waals surface area contributed by atoms with Crippen molar-refractivity contribution < 1.29 is 9.21 Å². The van der Waals surface area contributed by atoms with Crippen molar-refractivity contribution in [3.8, 4) is 0 Å². The minimum absolute atomic E-state index is 0.132. The zero-order valence-electron chi connectivity index (χ0n) is 9.42. The van der Waals surface area contributed by atoms with Crippen LogP contribution in [-0.4, -0.2) is 16.8 Å². The number of amides is 1. The topological polar surface area (TPSA) is 42.2 Å². The molecule has 5 heteroatoms. The monoisotopic (exact) mass is 363 g/mol. The molecule has 2 unspecified atom stereocenters. The zero-order valence-corrected chi connectivity index (χ0v) is 12.6. The van der Waals surface area contributed by atoms with Gasteiger partial charge in [0.15, 0.2) is 10.4 Å². The summed E-state index contributed by atoms with van der Waals surface area (Å²) in [5.41, 5.74) is 0. The third-order valence-electron chi connectivity index (χ3n) is 3.05. The second-order valence-electron chi connectivity index (χ2n) is 4.34. The first-order valence-corrected chi connectivity index (χ1v) is 7.58. The van der Waals surface area contributed by atoms with Crippen LogP contribution < -0.4 is 5.32 Å². The summed E-state index contributed by atoms with van der Waals surface area (Å²) in [6.45, 7) is 0. The number of hydrogen-bond acceptors (Lipinski definition) is 2. The number of carbonyl (C=O) groups is 1. The first-order valence-electron chi connectivity index (χ1n) is 5.87. The van der Waals surface area contributed by atoms with Gasteiger partial charge in [0.05, 0.1) is 0 Å². The van der Waals surface area contributed by atoms with E-state index < -0.39 is 0 Å². The molecule has 1 N–H and O–H groups in total. The van der Waals surface area contributed by atoms with Crippen LogP contribution in [0.25, 0.3) is 0 Å². The molecule has 1 aliphatic carbocycles. The van der Waals surface area contributed by atoms with Crippen LogP contribution in [0, 0.1) is 0 Å². The molecule has 1 saturated carbocycles. The van der Waals surface area contributed by atoms with Gasteiger partial charge in [-0.1, -0.05) is 35.2 Å². The molecule has 0 saturated heterocycles. The van der Waals surface area contributed by atoms with Gasteiger partial charge < -0.3 is 9.73 Å². The van der Waals surface area contributed by atoms with Gasteiger partial charge in [-0.2, -0.15) is 0 Å². The molecule has 1 aromatic heterocycles. The van der Waals surface area contributed by atoms with Crippen molar-refractivity contribution in [2.24, 2.45) is 0 Å². The molecule has 2 rings (SSSR count). The molecule has 0 bridgehead atoms. The highest BCUT2D eigenvalue weighted by Crippen LogP contribution is 2.24. The second kappa shape index (κ2) is 6.05. The maximum absolute atomic E-state index is 11.9. The van der Waals surface area contributed by atoms with Crippen molar-refractivity contribution in [1.29, 1.82) is 0 Å². The standard InChI is InChI=1S/C12H15Br2NO2/c13-8-4-2-1-3-5-9(8)15-12(16)10-6-7-11(14)17-10/h6-9H,1-5H2,(H,15,16). The van der Waals surface area contributed by atoms with Crippen LogP contribution in [0.15, 0.2) is 21.2 Å². The fourth-order valence-corrected chi connectivity index (χ4v) is 3.13. The number of furan rings is 1. The molecular weight excluding hydrogens is 350 g/mol. The summed E-state index contributed by atoms with van der Waals surface area (Å²) in [6.07, 6.45) is 5.81. The molecule has 1 aromatic rings. The van der Waals surface area contributed by atoms with Crippen LogP contribution in [0.4, 0.5) is 0 Å². The Bertz CT molecular complexity index is 392. The van der Waals surface area contributed by atoms with Gasteiger partial charge in [-0.05, 0) is 40.9 Å². The van der Waals surface area contributed by atoms with E-state index in [1.54, 1.807) is 12.1 Å². The number of nitrogens with one attached hydrogen (secondary N) is 1. The minimum atomic E-state index is -0.132. The van der Waals surface area contributed by atoms with E-state index in [0.29, 0.717) is 15.3 Å². The van der Waals surface area contributed by atoms with Gasteiger partial charge in [-0.25, -0.2) is 0 Å². The van der Waals surface area contributed by atoms with Gasteiger partial charge in [0.2, 0.25) is 0 Å². The molecule has 17 heavy (non-hydrogen) atoms. The third kappa shape index (κ3) is 3.58. The Morgan fingerprint density at radius 1 is 1.29 bits per heavy atom. The number of alkyl halides is 1. The van der Waals surface area contributed by atoms with Crippen molar-refractivity contribution in [1.82, 2.24) is 5.32 Å². The fraction of sp³-hybridized carbons (Fsp3) is 0.583. The average Bonchev–Trinajstić information content (AvgIpc) is 2.63. The Morgan fingerprint density at radius 2 is 2.06 bits per heavy atom. The second-order valence-corrected chi connectivity index (χ2v) is 6.30. The third-order valence-corrected chi connectivity index (χ3v) is 4.57. The molecule has 1 aliphatic rings. The Balaban J connectivity index is 1.97. The Kier molecular flexibility index (Phi) is 4.68. The highest BCUT2D eigenvalue weighted by atomic mass is 79.9. The lowest BCUT2D eigenvalue weighted by molar-refractivity contribution is 0.0905. The van der Waals surface area contributed by atoms with Crippen LogP contribution in [0.1, 0.15) is 42.7 Å². The van der Waals surface area contributed by atoms with E-state index in [2.05, 4.69) is 37.2 Å². The highest BCUT2D eigenvalue weighted by molar-refractivity contribution is 9.10. The van der Waals surface area contributed by atoms with E-state index in [1.165, 1.54) is 19.3 Å². The Hall–Kier alpha value is -0.290. The van der Waals surface area contributed by atoms with Gasteiger partial charge in [-0.15, -0.1) is 0 Å². The SMILES string of the molecule is O=C(NC1CCCCCC1Br)c1ccc(Br)o1. The van der Waals surface area contributed by atoms with Gasteiger partial charge in [0, 0.05) is 10.9 Å². The van der Waals surface area contributed by atoms with Crippen LogP contribution >= 0.6 is 31.9 Å². The molecule has 0 spiro atoms. The first kappa shape index (κ1) is 13.1. The van der Waals surface area contributed by atoms with E-state index in [0.717, 1.165) is 12.8 Å². The summed E-state index contributed by atoms with van der Waals surface area (Å²) in [5, 5.41) is 3.04. The lowest BCUT2D eigenvalue weighted by Crippen LogP contribution is -2.40. The van der Waals surface area contributed by atoms with Crippen LogP contribution in [0.2, 0.25) is 0 Å². The van der Waals surface area contributed by atoms with Crippen molar-refractivity contribution in [3.05, 3.63) is 22.6 Å². The summed E-state index contributed by atoms with van der Waals surface area (Å²) in [6, 6.07) is 3.61. The molecule has 0 aliphatic heterocycles. The Morgan fingerprint density at radius 3 is 2.76 bits per heavy atom. The maximum Gasteiger partial charge on any atom is 0.287 e. The summed E-state index contributed by atoms with van der Waals surface area (Å²) < 4.78 is 5.82. The van der Waals surface area contributed by atoms with Crippen molar-refractivity contribution in [2.45, 2.75) is 43.0 Å². The quantitative estimate of drug-likeness (QED) is 0.639. The van der Waals surface area contributed by atoms with Crippen molar-refractivity contribution in [3.63, 3.8) is 0 Å². The molecule has 0 aromatic carbocycles. The lowest BCUT2D eigenvalue weighted by Gasteiger charge is -2.20. The highest BCUT2D eigenvalue weighted by Gasteiger charge is 2.24. The predicted octanol–water partition coefficient (Wildman–Crippen LogP) is 3.87. The molecule has 1 amide bonds. The van der Waals surface area contributed by atoms with E-state index >= 15 is 0 Å². The largest absolute Gasteiger partial charge is 0.444 e. The maximum atomic E-state index is 11.9. The number of halogens is 2. The smallest absolute Gasteiger partial charge is 0.287 e. The van der Waals surface area contributed by atoms with E-state index in [1.807, 2.05) is 0 Å². The van der Waals surface area contributed by atoms with E-state index in [-0.39, 0.29) is 11.9 Å². The fourth-order valence-electron chi connectivity index (χ4n) is 2.10. The normalized spacial score (nSPS) is 25.3. The number of hydrogen-bond donors (Lipinski definition) is 1. The average molecular weight is 365 g/mol. The first-order chi connectivity index (χ1) is 8.16. The summed E-state index contributed by atoms with van der Waals surface area (Å²) >= 11 is 6.85. The molecule has 3 nitrogen and oxygen atoms in total. The van der Waals surface area contributed by atoms with Crippen molar-refractivity contribution >= 4 is 37.8 Å². The Labute approximate surface area is 118 Å². The predicted molar refractivity (Wildman–Crippen MR) is 73.5 cm³/mol. The zero-order chi connectivity index (χ0) is 12.3. The number of carbonyl (C=O) groups excluding carboxylic acids is 1. The van der Waals surface area contributed by atoms with E-state index in [4.69, 9.17) is 4.42 Å². The van der Waals surface area contributed by atoms with Crippen molar-refractivity contribution in [2.75, 3.05) is 0 Å². The summed E-state index contributed by atoms with van der Waals surface area (Å²) in [7, 11) is 0. The number of rotatable bonds is 2. The van der Waals surface area contributed by atoms with Crippen LogP contribution in [0.5, 0.6) is 0 Å². The van der Waals surface area contributed by atoms with Gasteiger partial charge in [-0.3, -0.25) is 4.79 Å². The molecule has 0 radical (unpaired) electrons. The lowest BCUT2D eigenvalue weighted by atomic mass is 10.1. The van der Waals surface area contributed by atoms with E-state index in [9.17, 15) is 4.79 Å². The summed E-state index contributed by atoms with van der Waals surface area (Å²) in [4.78, 5) is 12.3. The molecule has 1 heterocycles. The van der Waals surface area contributed by atoms with Crippen LogP contribution in [0.3, 0.4) is 0 Å². The molecule has 1 fully saturated rings. The minimum Gasteiger partial charge on any atom is -0.444 e. The summed E-state index contributed by atoms with van der Waals surface area (Å²) in [5.74, 6) is 0.230. The molecule has 94 valence electrons.